The second kappa shape index (κ2) is 14.8. The number of sulfonamides is 1. The smallest absolute Gasteiger partial charge is 0.214 e. The summed E-state index contributed by atoms with van der Waals surface area (Å²) >= 11 is 0. The summed E-state index contributed by atoms with van der Waals surface area (Å²) in [4.78, 5) is 0. The largest absolute Gasteiger partial charge is 0.497 e. The number of hydrogen-bond donors (Lipinski definition) is 1. The number of benzene rings is 1. The molecule has 0 amide bonds. The third kappa shape index (κ3) is 8.76. The molecule has 2 saturated carbocycles. The molecule has 5 nitrogen and oxygen atoms in total. The van der Waals surface area contributed by atoms with E-state index in [1.807, 2.05) is 38.1 Å². The number of ether oxygens (including phenoxy) is 2. The molecule has 0 spiro atoms. The Morgan fingerprint density at radius 2 is 1.57 bits per heavy atom. The normalized spacial score (nSPS) is 26.1. The Hall–Kier alpha value is -0.166. The van der Waals surface area contributed by atoms with E-state index in [9.17, 15) is 8.42 Å². The van der Waals surface area contributed by atoms with Crippen molar-refractivity contribution >= 4 is 10.0 Å². The van der Waals surface area contributed by atoms with Crippen LogP contribution in [0, 0.1) is 20.3 Å². The molecule has 3 rings (SSSR count). The van der Waals surface area contributed by atoms with Gasteiger partial charge in [-0.25, -0.2) is 13.1 Å². The van der Waals surface area contributed by atoms with Crippen molar-refractivity contribution in [3.63, 3.8) is 0 Å². The van der Waals surface area contributed by atoms with Crippen molar-refractivity contribution in [1.82, 2.24) is 4.72 Å². The van der Waals surface area contributed by atoms with Gasteiger partial charge in [0.05, 0.1) is 18.4 Å². The molecule has 0 saturated heterocycles. The van der Waals surface area contributed by atoms with E-state index in [-0.39, 0.29) is 63.4 Å². The van der Waals surface area contributed by atoms with Crippen LogP contribution >= 0.6 is 0 Å². The Morgan fingerprint density at radius 3 is 2.17 bits per heavy atom. The van der Waals surface area contributed by atoms with Gasteiger partial charge in [-0.15, -0.1) is 0 Å². The predicted molar refractivity (Wildman–Crippen MR) is 121 cm³/mol. The van der Waals surface area contributed by atoms with Gasteiger partial charge in [-0.3, -0.25) is 0 Å². The van der Waals surface area contributed by atoms with Gasteiger partial charge in [0, 0.05) is 32.7 Å². The summed E-state index contributed by atoms with van der Waals surface area (Å²) in [6.45, 7) is 8.07. The molecular formula is C23H39NO4SY-2. The molecule has 30 heavy (non-hydrogen) atoms. The Kier molecular flexibility index (Phi) is 14.7. The monoisotopic (exact) mass is 514 g/mol. The number of nitrogens with one attached hydrogen (secondary N) is 1. The fourth-order valence-electron chi connectivity index (χ4n) is 4.03. The van der Waals surface area contributed by atoms with E-state index in [0.717, 1.165) is 56.4 Å². The molecule has 171 valence electrons. The van der Waals surface area contributed by atoms with E-state index in [4.69, 9.17) is 9.47 Å². The van der Waals surface area contributed by atoms with E-state index in [1.54, 1.807) is 7.11 Å². The van der Waals surface area contributed by atoms with Crippen LogP contribution in [0.4, 0.5) is 0 Å². The van der Waals surface area contributed by atoms with Crippen LogP contribution in [-0.4, -0.2) is 32.9 Å². The van der Waals surface area contributed by atoms with E-state index in [2.05, 4.69) is 11.6 Å². The van der Waals surface area contributed by atoms with E-state index in [1.165, 1.54) is 0 Å². The number of methoxy groups -OCH3 is 1. The van der Waals surface area contributed by atoms with Crippen LogP contribution in [0.2, 0.25) is 0 Å². The molecule has 1 aromatic rings. The maximum absolute atomic E-state index is 12.9. The molecule has 4 unspecified atom stereocenters. The fourth-order valence-corrected chi connectivity index (χ4v) is 5.92. The first-order valence-corrected chi connectivity index (χ1v) is 12.2. The van der Waals surface area contributed by atoms with Crippen molar-refractivity contribution in [2.24, 2.45) is 5.92 Å². The Morgan fingerprint density at radius 1 is 0.967 bits per heavy atom. The number of hydrogen-bond acceptors (Lipinski definition) is 4. The SMILES string of the molecule is CC.[CH2-]C1CCCC(S(=O)(=O)NC2CCCCC2Oc2ccc(OC)cc2)C1.[CH3-].[Y]. The van der Waals surface area contributed by atoms with Gasteiger partial charge in [-0.1, -0.05) is 39.5 Å². The molecule has 2 aliphatic rings. The van der Waals surface area contributed by atoms with Gasteiger partial charge in [-0.2, -0.15) is 5.92 Å². The zero-order valence-electron chi connectivity index (χ0n) is 19.1. The zero-order valence-corrected chi connectivity index (χ0v) is 22.8. The second-order valence-corrected chi connectivity index (χ2v) is 9.53. The third-order valence-corrected chi connectivity index (χ3v) is 7.48. The molecule has 7 heteroatoms. The quantitative estimate of drug-likeness (QED) is 0.532. The van der Waals surface area contributed by atoms with Crippen LogP contribution in [0.1, 0.15) is 65.2 Å². The van der Waals surface area contributed by atoms with Crippen LogP contribution in [-0.2, 0) is 42.7 Å². The first kappa shape index (κ1) is 29.8. The predicted octanol–water partition coefficient (Wildman–Crippen LogP) is 5.17. The van der Waals surface area contributed by atoms with Gasteiger partial charge in [0.2, 0.25) is 10.0 Å². The summed E-state index contributed by atoms with van der Waals surface area (Å²) < 4.78 is 40.0. The Balaban J connectivity index is 0.00000204. The van der Waals surface area contributed by atoms with Crippen molar-refractivity contribution in [3.8, 4) is 11.5 Å². The van der Waals surface area contributed by atoms with E-state index >= 15 is 0 Å². The average Bonchev–Trinajstić information content (AvgIpc) is 2.71. The summed E-state index contributed by atoms with van der Waals surface area (Å²) in [7, 11) is -1.71. The maximum atomic E-state index is 12.9. The average molecular weight is 515 g/mol. The first-order chi connectivity index (χ1) is 13.5. The Bertz CT molecular complexity index is 681. The molecule has 2 fully saturated rings. The third-order valence-electron chi connectivity index (χ3n) is 5.54. The van der Waals surface area contributed by atoms with Crippen LogP contribution in [0.5, 0.6) is 11.5 Å². The van der Waals surface area contributed by atoms with Crippen LogP contribution in [0.25, 0.3) is 0 Å². The molecule has 1 radical (unpaired) electrons. The summed E-state index contributed by atoms with van der Waals surface area (Å²) in [5, 5.41) is -0.317. The van der Waals surface area contributed by atoms with Crippen molar-refractivity contribution in [2.45, 2.75) is 82.6 Å². The number of rotatable bonds is 6. The molecule has 0 aliphatic heterocycles. The van der Waals surface area contributed by atoms with E-state index < -0.39 is 10.0 Å². The van der Waals surface area contributed by atoms with Crippen molar-refractivity contribution < 1.29 is 50.6 Å². The summed E-state index contributed by atoms with van der Waals surface area (Å²) in [6.07, 6.45) is 6.99. The van der Waals surface area contributed by atoms with E-state index in [0.29, 0.717) is 6.42 Å². The summed E-state index contributed by atoms with van der Waals surface area (Å²) in [6, 6.07) is 7.28. The van der Waals surface area contributed by atoms with Crippen molar-refractivity contribution in [2.75, 3.05) is 7.11 Å². The van der Waals surface area contributed by atoms with Crippen LogP contribution in [0.15, 0.2) is 24.3 Å². The van der Waals surface area contributed by atoms with Gasteiger partial charge in [0.15, 0.2) is 0 Å². The molecule has 0 aromatic heterocycles. The summed E-state index contributed by atoms with van der Waals surface area (Å²) in [5.74, 6) is 1.76. The fraction of sp³-hybridized carbons (Fsp3) is 0.652. The molecule has 1 aromatic carbocycles. The molecule has 0 bridgehead atoms. The minimum atomic E-state index is -3.34. The Labute approximate surface area is 210 Å². The zero-order chi connectivity index (χ0) is 20.6. The minimum absolute atomic E-state index is 0. The first-order valence-electron chi connectivity index (χ1n) is 10.6. The molecular weight excluding hydrogens is 475 g/mol. The molecule has 2 aliphatic carbocycles. The molecule has 1 N–H and O–H groups in total. The molecule has 0 heterocycles. The second-order valence-electron chi connectivity index (χ2n) is 7.54. The van der Waals surface area contributed by atoms with Gasteiger partial charge in [0.25, 0.3) is 0 Å². The van der Waals surface area contributed by atoms with Crippen LogP contribution in [0.3, 0.4) is 0 Å². The minimum Gasteiger partial charge on any atom is -0.497 e. The summed E-state index contributed by atoms with van der Waals surface area (Å²) in [5.41, 5.74) is 0. The van der Waals surface area contributed by atoms with Crippen LogP contribution < -0.4 is 14.2 Å². The van der Waals surface area contributed by atoms with Gasteiger partial charge in [0.1, 0.15) is 17.6 Å². The topological polar surface area (TPSA) is 64.6 Å². The maximum Gasteiger partial charge on any atom is 0.214 e. The van der Waals surface area contributed by atoms with Gasteiger partial charge >= 0.3 is 0 Å². The molecule has 4 atom stereocenters. The van der Waals surface area contributed by atoms with Crippen molar-refractivity contribution in [1.29, 1.82) is 0 Å². The van der Waals surface area contributed by atoms with Gasteiger partial charge < -0.3 is 23.8 Å². The standard InChI is InChI=1S/C20H30NO4S.C2H6.CH3.Y/c1-15-6-5-7-18(14-15)26(22,23)21-19-8-3-4-9-20(19)25-17-12-10-16(24-2)11-13-17;1-2;;/h10-13,15,18-21H,1,3-9,14H2,2H3;1-2H3;1H3;/q-1;;-1;. The van der Waals surface area contributed by atoms with Gasteiger partial charge in [-0.05, 0) is 49.9 Å². The van der Waals surface area contributed by atoms with Crippen molar-refractivity contribution in [3.05, 3.63) is 38.6 Å².